The molecule has 0 aromatic heterocycles. The van der Waals surface area contributed by atoms with Crippen molar-refractivity contribution < 1.29 is 19.1 Å². The summed E-state index contributed by atoms with van der Waals surface area (Å²) < 4.78 is 10.7. The zero-order chi connectivity index (χ0) is 20.1. The minimum Gasteiger partial charge on any atom is -0.481 e. The molecule has 2 rings (SSSR count). The normalized spacial score (nSPS) is 11.6. The molecular weight excluding hydrogens is 366 g/mol. The molecule has 1 N–H and O–H groups in total. The fourth-order valence-corrected chi connectivity index (χ4v) is 2.72. The second kappa shape index (κ2) is 8.91. The van der Waals surface area contributed by atoms with Gasteiger partial charge >= 0.3 is 5.97 Å². The Hall–Kier alpha value is -2.53. The lowest BCUT2D eigenvalue weighted by atomic mass is 10.1. The summed E-state index contributed by atoms with van der Waals surface area (Å²) in [5, 5.41) is 3.52. The lowest BCUT2D eigenvalue weighted by Crippen LogP contribution is -2.30. The maximum absolute atomic E-state index is 12.5. The van der Waals surface area contributed by atoms with Crippen molar-refractivity contribution in [2.75, 3.05) is 11.9 Å². The highest BCUT2D eigenvalue weighted by Crippen LogP contribution is 2.26. The third-order valence-electron chi connectivity index (χ3n) is 4.09. The molecule has 0 heterocycles. The van der Waals surface area contributed by atoms with Gasteiger partial charge in [0.15, 0.2) is 6.10 Å². The second-order valence-electron chi connectivity index (χ2n) is 6.37. The van der Waals surface area contributed by atoms with E-state index in [0.717, 1.165) is 16.7 Å². The molecule has 2 aromatic rings. The highest BCUT2D eigenvalue weighted by molar-refractivity contribution is 6.32. The molecule has 2 aromatic carbocycles. The first-order valence-electron chi connectivity index (χ1n) is 8.75. The molecule has 0 bridgehead atoms. The summed E-state index contributed by atoms with van der Waals surface area (Å²) in [6.45, 7) is 9.34. The van der Waals surface area contributed by atoms with Crippen LogP contribution in [0.25, 0.3) is 0 Å². The van der Waals surface area contributed by atoms with Gasteiger partial charge in [0.05, 0.1) is 12.2 Å². The summed E-state index contributed by atoms with van der Waals surface area (Å²) in [4.78, 5) is 24.3. The van der Waals surface area contributed by atoms with E-state index in [1.165, 1.54) is 0 Å². The van der Waals surface area contributed by atoms with Gasteiger partial charge in [-0.15, -0.1) is 0 Å². The van der Waals surface area contributed by atoms with E-state index < -0.39 is 6.10 Å². The summed E-state index contributed by atoms with van der Waals surface area (Å²) in [6, 6.07) is 8.60. The Kier molecular flexibility index (Phi) is 6.86. The monoisotopic (exact) mass is 389 g/mol. The predicted octanol–water partition coefficient (Wildman–Crippen LogP) is 4.85. The predicted molar refractivity (Wildman–Crippen MR) is 107 cm³/mol. The molecule has 0 aliphatic carbocycles. The van der Waals surface area contributed by atoms with Crippen LogP contribution in [0.1, 0.15) is 40.9 Å². The number of carbonyl (C=O) groups is 2. The molecule has 0 radical (unpaired) electrons. The van der Waals surface area contributed by atoms with Crippen molar-refractivity contribution in [1.82, 2.24) is 0 Å². The maximum atomic E-state index is 12.5. The number of halogens is 1. The van der Waals surface area contributed by atoms with Crippen LogP contribution < -0.4 is 10.1 Å². The van der Waals surface area contributed by atoms with Gasteiger partial charge in [-0.2, -0.15) is 0 Å². The number of benzene rings is 2. The van der Waals surface area contributed by atoms with Gasteiger partial charge in [0, 0.05) is 10.7 Å². The molecule has 144 valence electrons. The number of nitrogens with one attached hydrogen (secondary N) is 1. The Labute approximate surface area is 164 Å². The first-order chi connectivity index (χ1) is 12.7. The largest absolute Gasteiger partial charge is 0.481 e. The van der Waals surface area contributed by atoms with Crippen molar-refractivity contribution in [3.63, 3.8) is 0 Å². The minimum absolute atomic E-state index is 0.285. The summed E-state index contributed by atoms with van der Waals surface area (Å²) >= 11 is 6.16. The van der Waals surface area contributed by atoms with E-state index >= 15 is 0 Å². The lowest BCUT2D eigenvalue weighted by Gasteiger charge is -2.17. The van der Waals surface area contributed by atoms with Crippen molar-refractivity contribution >= 4 is 29.2 Å². The van der Waals surface area contributed by atoms with Gasteiger partial charge in [-0.25, -0.2) is 4.79 Å². The highest BCUT2D eigenvalue weighted by Gasteiger charge is 2.17. The topological polar surface area (TPSA) is 64.6 Å². The third-order valence-corrected chi connectivity index (χ3v) is 4.68. The lowest BCUT2D eigenvalue weighted by molar-refractivity contribution is -0.122. The van der Waals surface area contributed by atoms with Crippen molar-refractivity contribution in [2.45, 2.75) is 40.7 Å². The molecule has 6 heteroatoms. The van der Waals surface area contributed by atoms with Crippen LogP contribution in [-0.4, -0.2) is 24.6 Å². The number of amides is 1. The van der Waals surface area contributed by atoms with Crippen LogP contribution in [0.4, 0.5) is 5.69 Å². The molecule has 0 saturated carbocycles. The fourth-order valence-electron chi connectivity index (χ4n) is 2.61. The van der Waals surface area contributed by atoms with E-state index in [-0.39, 0.29) is 11.9 Å². The van der Waals surface area contributed by atoms with E-state index in [2.05, 4.69) is 5.32 Å². The SMILES string of the molecule is CCOC(=O)c1ccc(NC(=O)C(C)Oc2cc(C)c(Cl)c(C)c2)c(C)c1. The number of aryl methyl sites for hydroxylation is 3. The smallest absolute Gasteiger partial charge is 0.338 e. The van der Waals surface area contributed by atoms with Crippen LogP contribution in [0.2, 0.25) is 5.02 Å². The van der Waals surface area contributed by atoms with E-state index in [1.54, 1.807) is 44.2 Å². The Bertz CT molecular complexity index is 840. The highest BCUT2D eigenvalue weighted by atomic mass is 35.5. The van der Waals surface area contributed by atoms with Gasteiger partial charge in [-0.3, -0.25) is 4.79 Å². The van der Waals surface area contributed by atoms with Crippen molar-refractivity contribution in [3.05, 3.63) is 57.6 Å². The zero-order valence-corrected chi connectivity index (χ0v) is 16.9. The van der Waals surface area contributed by atoms with Gasteiger partial charge in [-0.1, -0.05) is 11.6 Å². The molecule has 0 aliphatic heterocycles. The van der Waals surface area contributed by atoms with Crippen LogP contribution in [0, 0.1) is 20.8 Å². The quantitative estimate of drug-likeness (QED) is 0.717. The number of hydrogen-bond donors (Lipinski definition) is 1. The molecule has 1 atom stereocenters. The van der Waals surface area contributed by atoms with Gasteiger partial charge in [0.1, 0.15) is 5.75 Å². The van der Waals surface area contributed by atoms with Gasteiger partial charge in [-0.05, 0) is 81.6 Å². The second-order valence-corrected chi connectivity index (χ2v) is 6.75. The Morgan fingerprint density at radius 1 is 1.07 bits per heavy atom. The summed E-state index contributed by atoms with van der Waals surface area (Å²) in [6.07, 6.45) is -0.700. The minimum atomic E-state index is -0.700. The molecule has 1 amide bonds. The first-order valence-corrected chi connectivity index (χ1v) is 9.12. The van der Waals surface area contributed by atoms with Crippen molar-refractivity contribution in [3.8, 4) is 5.75 Å². The van der Waals surface area contributed by atoms with Crippen LogP contribution in [-0.2, 0) is 9.53 Å². The summed E-state index contributed by atoms with van der Waals surface area (Å²) in [5.74, 6) is -0.0812. The van der Waals surface area contributed by atoms with Crippen LogP contribution in [0.3, 0.4) is 0 Å². The number of ether oxygens (including phenoxy) is 2. The number of carbonyl (C=O) groups excluding carboxylic acids is 2. The standard InChI is InChI=1S/C21H24ClNO4/c1-6-26-21(25)16-7-8-18(12(2)9-16)23-20(24)15(5)27-17-10-13(3)19(22)14(4)11-17/h7-11,15H,6H2,1-5H3,(H,23,24). The number of rotatable bonds is 6. The molecule has 27 heavy (non-hydrogen) atoms. The molecular formula is C21H24ClNO4. The van der Waals surface area contributed by atoms with Crippen molar-refractivity contribution in [1.29, 1.82) is 0 Å². The third kappa shape index (κ3) is 5.23. The molecule has 0 saturated heterocycles. The average Bonchev–Trinajstić information content (AvgIpc) is 2.61. The van der Waals surface area contributed by atoms with Crippen LogP contribution >= 0.6 is 11.6 Å². The van der Waals surface area contributed by atoms with E-state index in [9.17, 15) is 9.59 Å². The zero-order valence-electron chi connectivity index (χ0n) is 16.2. The number of anilines is 1. The average molecular weight is 390 g/mol. The molecule has 5 nitrogen and oxygen atoms in total. The van der Waals surface area contributed by atoms with E-state index in [0.29, 0.717) is 28.6 Å². The van der Waals surface area contributed by atoms with Crippen LogP contribution in [0.5, 0.6) is 5.75 Å². The Morgan fingerprint density at radius 3 is 2.26 bits per heavy atom. The summed E-state index contributed by atoms with van der Waals surface area (Å²) in [7, 11) is 0. The molecule has 0 spiro atoms. The van der Waals surface area contributed by atoms with Crippen LogP contribution in [0.15, 0.2) is 30.3 Å². The number of hydrogen-bond acceptors (Lipinski definition) is 4. The first kappa shape index (κ1) is 20.8. The van der Waals surface area contributed by atoms with Gasteiger partial charge < -0.3 is 14.8 Å². The molecule has 0 fully saturated rings. The van der Waals surface area contributed by atoms with Gasteiger partial charge in [0.25, 0.3) is 5.91 Å². The maximum Gasteiger partial charge on any atom is 0.338 e. The molecule has 0 aliphatic rings. The Balaban J connectivity index is 2.07. The number of esters is 1. The van der Waals surface area contributed by atoms with E-state index in [1.807, 2.05) is 20.8 Å². The van der Waals surface area contributed by atoms with Crippen molar-refractivity contribution in [2.24, 2.45) is 0 Å². The van der Waals surface area contributed by atoms with E-state index in [4.69, 9.17) is 21.1 Å². The van der Waals surface area contributed by atoms with Gasteiger partial charge in [0.2, 0.25) is 0 Å². The summed E-state index contributed by atoms with van der Waals surface area (Å²) in [5.41, 5.74) is 3.62. The Morgan fingerprint density at radius 2 is 1.70 bits per heavy atom. The molecule has 1 unspecified atom stereocenters. The fraction of sp³-hybridized carbons (Fsp3) is 0.333.